The van der Waals surface area contributed by atoms with E-state index in [4.69, 9.17) is 16.3 Å². The van der Waals surface area contributed by atoms with Gasteiger partial charge in [0.2, 0.25) is 0 Å². The van der Waals surface area contributed by atoms with Gasteiger partial charge in [0.15, 0.2) is 0 Å². The smallest absolute Gasteiger partial charge is 0.128 e. The van der Waals surface area contributed by atoms with E-state index >= 15 is 0 Å². The van der Waals surface area contributed by atoms with Gasteiger partial charge in [-0.05, 0) is 59.2 Å². The van der Waals surface area contributed by atoms with Gasteiger partial charge < -0.3 is 4.74 Å². The van der Waals surface area contributed by atoms with Crippen molar-refractivity contribution in [3.8, 4) is 5.75 Å². The molecule has 0 amide bonds. The molecule has 0 spiro atoms. The standard InChI is InChI=1S/C25H19BrClNO/c1-17-9-11-22(27)14-24(17)28-15-20-13-21(26)10-12-25(20)29-16-19-7-4-6-18-5-2-3-8-23(18)19/h2-15H,16H2,1H3. The van der Waals surface area contributed by atoms with E-state index in [0.29, 0.717) is 11.6 Å². The number of fused-ring (bicyclic) bond motifs is 1. The number of benzene rings is 4. The van der Waals surface area contributed by atoms with Crippen LogP contribution in [0.2, 0.25) is 5.02 Å². The molecular weight excluding hydrogens is 446 g/mol. The summed E-state index contributed by atoms with van der Waals surface area (Å²) in [4.78, 5) is 4.63. The fraction of sp³-hybridized carbons (Fsp3) is 0.0800. The molecule has 4 aromatic carbocycles. The van der Waals surface area contributed by atoms with E-state index in [9.17, 15) is 0 Å². The Bertz CT molecular complexity index is 1200. The zero-order valence-electron chi connectivity index (χ0n) is 15.9. The third-order valence-corrected chi connectivity index (χ3v) is 5.48. The maximum Gasteiger partial charge on any atom is 0.128 e. The Balaban J connectivity index is 1.61. The van der Waals surface area contributed by atoms with Crippen LogP contribution in [0.3, 0.4) is 0 Å². The number of aliphatic imine (C=N–C) groups is 1. The molecule has 0 atom stereocenters. The third kappa shape index (κ3) is 4.69. The Morgan fingerprint density at radius 2 is 1.79 bits per heavy atom. The van der Waals surface area contributed by atoms with Gasteiger partial charge >= 0.3 is 0 Å². The summed E-state index contributed by atoms with van der Waals surface area (Å²) in [7, 11) is 0. The normalized spacial score (nSPS) is 11.3. The molecule has 0 aromatic heterocycles. The molecule has 0 unspecified atom stereocenters. The summed E-state index contributed by atoms with van der Waals surface area (Å²) in [6, 6.07) is 26.3. The number of hydrogen-bond donors (Lipinski definition) is 0. The summed E-state index contributed by atoms with van der Waals surface area (Å²) in [6.07, 6.45) is 1.82. The van der Waals surface area contributed by atoms with E-state index in [0.717, 1.165) is 32.6 Å². The van der Waals surface area contributed by atoms with Crippen LogP contribution in [0.4, 0.5) is 5.69 Å². The number of ether oxygens (including phenoxy) is 1. The average molecular weight is 465 g/mol. The Hall–Kier alpha value is -2.62. The van der Waals surface area contributed by atoms with E-state index in [2.05, 4.69) is 57.3 Å². The van der Waals surface area contributed by atoms with Crippen LogP contribution in [0.5, 0.6) is 5.75 Å². The van der Waals surface area contributed by atoms with Gasteiger partial charge in [-0.3, -0.25) is 4.99 Å². The van der Waals surface area contributed by atoms with Gasteiger partial charge in [0, 0.05) is 21.3 Å². The molecule has 0 heterocycles. The molecule has 4 rings (SSSR count). The third-order valence-electron chi connectivity index (χ3n) is 4.75. The molecule has 0 N–H and O–H groups in total. The molecular formula is C25H19BrClNO. The van der Waals surface area contributed by atoms with Gasteiger partial charge in [0.05, 0.1) is 5.69 Å². The van der Waals surface area contributed by atoms with Crippen molar-refractivity contribution in [1.29, 1.82) is 0 Å². The second-order valence-electron chi connectivity index (χ2n) is 6.80. The van der Waals surface area contributed by atoms with Crippen LogP contribution >= 0.6 is 27.5 Å². The van der Waals surface area contributed by atoms with Gasteiger partial charge in [-0.1, -0.05) is 76.1 Å². The fourth-order valence-electron chi connectivity index (χ4n) is 3.19. The molecule has 4 aromatic rings. The summed E-state index contributed by atoms with van der Waals surface area (Å²) in [5.41, 5.74) is 3.97. The Morgan fingerprint density at radius 1 is 0.966 bits per heavy atom. The molecule has 0 aliphatic rings. The molecule has 144 valence electrons. The van der Waals surface area contributed by atoms with Crippen LogP contribution in [0.25, 0.3) is 10.8 Å². The highest BCUT2D eigenvalue weighted by molar-refractivity contribution is 9.10. The summed E-state index contributed by atoms with van der Waals surface area (Å²) in [6.45, 7) is 2.50. The second kappa shape index (κ2) is 8.81. The van der Waals surface area contributed by atoms with E-state index in [1.54, 1.807) is 0 Å². The first-order valence-corrected chi connectivity index (χ1v) is 10.5. The van der Waals surface area contributed by atoms with Gasteiger partial charge in [0.25, 0.3) is 0 Å². The van der Waals surface area contributed by atoms with Gasteiger partial charge in [0.1, 0.15) is 12.4 Å². The number of rotatable bonds is 5. The van der Waals surface area contributed by atoms with Gasteiger partial charge in [-0.15, -0.1) is 0 Å². The minimum absolute atomic E-state index is 0.486. The maximum atomic E-state index is 6.19. The van der Waals surface area contributed by atoms with Crippen molar-refractivity contribution in [3.63, 3.8) is 0 Å². The fourth-order valence-corrected chi connectivity index (χ4v) is 3.73. The molecule has 0 saturated carbocycles. The number of aryl methyl sites for hydroxylation is 1. The van der Waals surface area contributed by atoms with Crippen molar-refractivity contribution >= 4 is 50.2 Å². The van der Waals surface area contributed by atoms with Crippen LogP contribution in [-0.2, 0) is 6.61 Å². The number of hydrogen-bond acceptors (Lipinski definition) is 2. The molecule has 0 fully saturated rings. The van der Waals surface area contributed by atoms with Crippen LogP contribution in [0.15, 0.2) is 88.3 Å². The zero-order chi connectivity index (χ0) is 20.2. The van der Waals surface area contributed by atoms with Crippen LogP contribution in [0.1, 0.15) is 16.7 Å². The lowest BCUT2D eigenvalue weighted by Crippen LogP contribution is -1.99. The molecule has 0 radical (unpaired) electrons. The minimum atomic E-state index is 0.486. The maximum absolute atomic E-state index is 6.19. The SMILES string of the molecule is Cc1ccc(Cl)cc1N=Cc1cc(Br)ccc1OCc1cccc2ccccc12. The topological polar surface area (TPSA) is 21.6 Å². The van der Waals surface area contributed by atoms with Crippen molar-refractivity contribution in [2.24, 2.45) is 4.99 Å². The van der Waals surface area contributed by atoms with E-state index in [-0.39, 0.29) is 0 Å². The lowest BCUT2D eigenvalue weighted by molar-refractivity contribution is 0.307. The van der Waals surface area contributed by atoms with Crippen molar-refractivity contribution in [3.05, 3.63) is 105 Å². The van der Waals surface area contributed by atoms with E-state index < -0.39 is 0 Å². The molecule has 0 aliphatic carbocycles. The lowest BCUT2D eigenvalue weighted by Gasteiger charge is -2.12. The van der Waals surface area contributed by atoms with Crippen molar-refractivity contribution in [2.75, 3.05) is 0 Å². The van der Waals surface area contributed by atoms with Crippen LogP contribution < -0.4 is 4.74 Å². The Labute approximate surface area is 184 Å². The van der Waals surface area contributed by atoms with Gasteiger partial charge in [-0.25, -0.2) is 0 Å². The Morgan fingerprint density at radius 3 is 2.69 bits per heavy atom. The first-order chi connectivity index (χ1) is 14.1. The summed E-state index contributed by atoms with van der Waals surface area (Å²) in [5, 5.41) is 3.09. The van der Waals surface area contributed by atoms with Crippen LogP contribution in [-0.4, -0.2) is 6.21 Å². The van der Waals surface area contributed by atoms with Crippen molar-refractivity contribution in [2.45, 2.75) is 13.5 Å². The Kier molecular flexibility index (Phi) is 5.98. The lowest BCUT2D eigenvalue weighted by atomic mass is 10.1. The summed E-state index contributed by atoms with van der Waals surface area (Å²) in [5.74, 6) is 0.782. The number of nitrogens with zero attached hydrogens (tertiary/aromatic N) is 1. The average Bonchev–Trinajstić information content (AvgIpc) is 2.73. The molecule has 0 saturated heterocycles. The highest BCUT2D eigenvalue weighted by Gasteiger charge is 2.06. The molecule has 29 heavy (non-hydrogen) atoms. The number of halogens is 2. The quantitative estimate of drug-likeness (QED) is 0.275. The monoisotopic (exact) mass is 463 g/mol. The first kappa shape index (κ1) is 19.7. The summed E-state index contributed by atoms with van der Waals surface area (Å²) >= 11 is 9.65. The van der Waals surface area contributed by atoms with E-state index in [1.807, 2.05) is 55.6 Å². The first-order valence-electron chi connectivity index (χ1n) is 9.29. The predicted molar refractivity (Wildman–Crippen MR) is 126 cm³/mol. The second-order valence-corrected chi connectivity index (χ2v) is 8.15. The largest absolute Gasteiger partial charge is 0.488 e. The highest BCUT2D eigenvalue weighted by atomic mass is 79.9. The predicted octanol–water partition coefficient (Wildman–Crippen LogP) is 7.89. The molecule has 0 aliphatic heterocycles. The zero-order valence-corrected chi connectivity index (χ0v) is 18.2. The minimum Gasteiger partial charge on any atom is -0.488 e. The molecule has 0 bridgehead atoms. The van der Waals surface area contributed by atoms with Gasteiger partial charge in [-0.2, -0.15) is 0 Å². The molecule has 2 nitrogen and oxygen atoms in total. The molecule has 4 heteroatoms. The van der Waals surface area contributed by atoms with Crippen LogP contribution in [0, 0.1) is 6.92 Å². The van der Waals surface area contributed by atoms with Crippen molar-refractivity contribution < 1.29 is 4.74 Å². The highest BCUT2D eigenvalue weighted by Crippen LogP contribution is 2.27. The van der Waals surface area contributed by atoms with Crippen molar-refractivity contribution in [1.82, 2.24) is 0 Å². The summed E-state index contributed by atoms with van der Waals surface area (Å²) < 4.78 is 7.16. The van der Waals surface area contributed by atoms with E-state index in [1.165, 1.54) is 10.8 Å².